The zero-order valence-electron chi connectivity index (χ0n) is 17.3. The predicted octanol–water partition coefficient (Wildman–Crippen LogP) is 6.74. The molecular formula is C28H28N2. The number of benzene rings is 3. The summed E-state index contributed by atoms with van der Waals surface area (Å²) >= 11 is 0. The lowest BCUT2D eigenvalue weighted by atomic mass is 10.0. The molecule has 2 nitrogen and oxygen atoms in total. The van der Waals surface area contributed by atoms with Gasteiger partial charge in [0.25, 0.3) is 0 Å². The van der Waals surface area contributed by atoms with Crippen LogP contribution in [0.25, 0.3) is 11.4 Å². The fourth-order valence-corrected chi connectivity index (χ4v) is 4.69. The van der Waals surface area contributed by atoms with Crippen molar-refractivity contribution >= 4 is 11.4 Å². The molecule has 0 radical (unpaired) electrons. The third-order valence-electron chi connectivity index (χ3n) is 6.13. The molecule has 0 amide bonds. The smallest absolute Gasteiger partial charge is 0.0652 e. The molecule has 0 aromatic heterocycles. The standard InChI is InChI=1S/C28H28N2/c1-4-12-23(13-5-1)20-29-21-27(24-14-6-2-7-15-24)30(26-18-10-11-19-26)28(22-29)25-16-8-3-9-17-25/h1-9,12-17,21-22,26H,10-11,18-20H2. The van der Waals surface area contributed by atoms with Crippen LogP contribution in [0.5, 0.6) is 0 Å². The summed E-state index contributed by atoms with van der Waals surface area (Å²) in [5.41, 5.74) is 6.49. The van der Waals surface area contributed by atoms with Crippen molar-refractivity contribution in [2.45, 2.75) is 38.3 Å². The van der Waals surface area contributed by atoms with Gasteiger partial charge in [0.05, 0.1) is 11.4 Å². The second kappa shape index (κ2) is 8.62. The van der Waals surface area contributed by atoms with Crippen molar-refractivity contribution in [3.05, 3.63) is 120 Å². The largest absolute Gasteiger partial charge is 0.346 e. The van der Waals surface area contributed by atoms with Crippen LogP contribution in [-0.4, -0.2) is 15.8 Å². The van der Waals surface area contributed by atoms with E-state index in [2.05, 4.69) is 113 Å². The third kappa shape index (κ3) is 3.91. The molecule has 0 bridgehead atoms. The Hall–Kier alpha value is -3.26. The molecule has 0 spiro atoms. The Morgan fingerprint density at radius 1 is 0.600 bits per heavy atom. The Balaban J connectivity index is 1.61. The lowest BCUT2D eigenvalue weighted by Gasteiger charge is -2.40. The van der Waals surface area contributed by atoms with E-state index in [1.54, 1.807) is 0 Å². The van der Waals surface area contributed by atoms with Crippen LogP contribution in [0.1, 0.15) is 42.4 Å². The van der Waals surface area contributed by atoms with E-state index in [1.807, 2.05) is 0 Å². The number of rotatable bonds is 5. The Morgan fingerprint density at radius 3 is 1.57 bits per heavy atom. The highest BCUT2D eigenvalue weighted by Gasteiger charge is 2.31. The molecule has 1 aliphatic carbocycles. The molecule has 5 rings (SSSR count). The van der Waals surface area contributed by atoms with Crippen LogP contribution in [-0.2, 0) is 6.54 Å². The predicted molar refractivity (Wildman–Crippen MR) is 125 cm³/mol. The first-order chi connectivity index (χ1) is 14.9. The highest BCUT2D eigenvalue weighted by Crippen LogP contribution is 2.40. The maximum absolute atomic E-state index is 2.61. The number of hydrogen-bond acceptors (Lipinski definition) is 2. The molecular weight excluding hydrogens is 364 g/mol. The Morgan fingerprint density at radius 2 is 1.07 bits per heavy atom. The second-order valence-corrected chi connectivity index (χ2v) is 8.23. The maximum Gasteiger partial charge on any atom is 0.0652 e. The van der Waals surface area contributed by atoms with Gasteiger partial charge in [-0.05, 0) is 29.5 Å². The van der Waals surface area contributed by atoms with E-state index in [0.717, 1.165) is 6.54 Å². The van der Waals surface area contributed by atoms with Crippen LogP contribution >= 0.6 is 0 Å². The summed E-state index contributed by atoms with van der Waals surface area (Å²) in [4.78, 5) is 4.96. The minimum atomic E-state index is 0.557. The molecule has 1 aliphatic heterocycles. The van der Waals surface area contributed by atoms with Crippen LogP contribution < -0.4 is 0 Å². The zero-order chi connectivity index (χ0) is 20.2. The van der Waals surface area contributed by atoms with Crippen molar-refractivity contribution < 1.29 is 0 Å². The first-order valence-corrected chi connectivity index (χ1v) is 11.0. The van der Waals surface area contributed by atoms with Gasteiger partial charge < -0.3 is 9.80 Å². The molecule has 0 atom stereocenters. The quantitative estimate of drug-likeness (QED) is 0.474. The minimum Gasteiger partial charge on any atom is -0.346 e. The Kier molecular flexibility index (Phi) is 5.39. The molecule has 1 fully saturated rings. The van der Waals surface area contributed by atoms with E-state index < -0.39 is 0 Å². The summed E-state index contributed by atoms with van der Waals surface area (Å²) < 4.78 is 0. The SMILES string of the molecule is C1=C(c2ccccc2)N(C2CCCC2)C(c2ccccc2)=CN1Cc1ccccc1. The summed E-state index contributed by atoms with van der Waals surface area (Å²) in [6, 6.07) is 33.0. The zero-order valence-corrected chi connectivity index (χ0v) is 17.3. The molecule has 0 unspecified atom stereocenters. The van der Waals surface area contributed by atoms with Gasteiger partial charge in [0.2, 0.25) is 0 Å². The summed E-state index contributed by atoms with van der Waals surface area (Å²) in [5.74, 6) is 0. The molecule has 3 aromatic rings. The second-order valence-electron chi connectivity index (χ2n) is 8.23. The molecule has 0 saturated heterocycles. The number of nitrogens with zero attached hydrogens (tertiary/aromatic N) is 2. The summed E-state index contributed by atoms with van der Waals surface area (Å²) in [5, 5.41) is 0. The van der Waals surface area contributed by atoms with Gasteiger partial charge in [-0.2, -0.15) is 0 Å². The van der Waals surface area contributed by atoms with Crippen LogP contribution in [0.4, 0.5) is 0 Å². The molecule has 0 N–H and O–H groups in total. The molecule has 3 aromatic carbocycles. The fraction of sp³-hybridized carbons (Fsp3) is 0.214. The van der Waals surface area contributed by atoms with Crippen molar-refractivity contribution in [2.24, 2.45) is 0 Å². The van der Waals surface area contributed by atoms with E-state index in [-0.39, 0.29) is 0 Å². The molecule has 30 heavy (non-hydrogen) atoms. The average Bonchev–Trinajstić information content (AvgIpc) is 3.35. The van der Waals surface area contributed by atoms with Crippen molar-refractivity contribution in [3.8, 4) is 0 Å². The van der Waals surface area contributed by atoms with Crippen molar-refractivity contribution in [3.63, 3.8) is 0 Å². The fourth-order valence-electron chi connectivity index (χ4n) is 4.69. The molecule has 150 valence electrons. The van der Waals surface area contributed by atoms with Gasteiger partial charge >= 0.3 is 0 Å². The van der Waals surface area contributed by atoms with Gasteiger partial charge in [0.1, 0.15) is 0 Å². The van der Waals surface area contributed by atoms with E-state index >= 15 is 0 Å². The van der Waals surface area contributed by atoms with Crippen molar-refractivity contribution in [2.75, 3.05) is 0 Å². The van der Waals surface area contributed by atoms with Gasteiger partial charge in [-0.3, -0.25) is 0 Å². The Bertz CT molecular complexity index is 959. The van der Waals surface area contributed by atoms with Crippen molar-refractivity contribution in [1.29, 1.82) is 0 Å². The van der Waals surface area contributed by atoms with Crippen LogP contribution in [0.3, 0.4) is 0 Å². The summed E-state index contributed by atoms with van der Waals surface area (Å²) in [7, 11) is 0. The summed E-state index contributed by atoms with van der Waals surface area (Å²) in [6.45, 7) is 0.867. The lowest BCUT2D eigenvalue weighted by Crippen LogP contribution is -2.35. The van der Waals surface area contributed by atoms with E-state index in [0.29, 0.717) is 6.04 Å². The highest BCUT2D eigenvalue weighted by molar-refractivity contribution is 5.79. The number of hydrogen-bond donors (Lipinski definition) is 0. The van der Waals surface area contributed by atoms with E-state index in [4.69, 9.17) is 0 Å². The molecule has 1 heterocycles. The van der Waals surface area contributed by atoms with Gasteiger partial charge in [-0.1, -0.05) is 104 Å². The normalized spacial score (nSPS) is 17.1. The van der Waals surface area contributed by atoms with E-state index in [1.165, 1.54) is 53.8 Å². The molecule has 2 heteroatoms. The van der Waals surface area contributed by atoms with Crippen LogP contribution in [0.15, 0.2) is 103 Å². The molecule has 2 aliphatic rings. The first kappa shape index (κ1) is 18.7. The van der Waals surface area contributed by atoms with Crippen molar-refractivity contribution in [1.82, 2.24) is 9.80 Å². The third-order valence-corrected chi connectivity index (χ3v) is 6.13. The topological polar surface area (TPSA) is 6.48 Å². The van der Waals surface area contributed by atoms with Gasteiger partial charge in [-0.15, -0.1) is 0 Å². The first-order valence-electron chi connectivity index (χ1n) is 11.0. The molecule has 1 saturated carbocycles. The van der Waals surface area contributed by atoms with Gasteiger partial charge in [0, 0.05) is 25.0 Å². The highest BCUT2D eigenvalue weighted by atomic mass is 15.3. The minimum absolute atomic E-state index is 0.557. The maximum atomic E-state index is 2.61. The van der Waals surface area contributed by atoms with Gasteiger partial charge in [0.15, 0.2) is 0 Å². The van der Waals surface area contributed by atoms with Crippen LogP contribution in [0, 0.1) is 0 Å². The summed E-state index contributed by atoms with van der Waals surface area (Å²) in [6.07, 6.45) is 9.83. The van der Waals surface area contributed by atoms with Crippen LogP contribution in [0.2, 0.25) is 0 Å². The Labute approximate surface area is 179 Å². The lowest BCUT2D eigenvalue weighted by molar-refractivity contribution is 0.374. The monoisotopic (exact) mass is 392 g/mol. The van der Waals surface area contributed by atoms with Gasteiger partial charge in [-0.25, -0.2) is 0 Å². The van der Waals surface area contributed by atoms with E-state index in [9.17, 15) is 0 Å². The average molecular weight is 393 g/mol.